The van der Waals surface area contributed by atoms with Gasteiger partial charge in [0.1, 0.15) is 29.4 Å². The average Bonchev–Trinajstić information content (AvgIpc) is 4.22. The van der Waals surface area contributed by atoms with Crippen molar-refractivity contribution < 1.29 is 37.4 Å². The summed E-state index contributed by atoms with van der Waals surface area (Å²) in [6.45, 7) is 16.4. The topological polar surface area (TPSA) is 181 Å². The van der Waals surface area contributed by atoms with Crippen molar-refractivity contribution in [3.05, 3.63) is 82.9 Å². The van der Waals surface area contributed by atoms with Crippen molar-refractivity contribution in [2.75, 3.05) is 50.2 Å². The molecule has 16 nitrogen and oxygen atoms in total. The highest BCUT2D eigenvalue weighted by Gasteiger charge is 2.41. The Bertz CT molecular complexity index is 2680. The van der Waals surface area contributed by atoms with Crippen LogP contribution < -0.4 is 20.4 Å². The molecule has 6 heterocycles. The summed E-state index contributed by atoms with van der Waals surface area (Å²) in [5.74, 6) is -0.144. The quantitative estimate of drug-likeness (QED) is 0.0939. The van der Waals surface area contributed by atoms with Gasteiger partial charge in [0.05, 0.1) is 60.5 Å². The molecular formula is C55H72F2N10O6. The van der Waals surface area contributed by atoms with Crippen molar-refractivity contribution in [3.63, 3.8) is 0 Å². The molecule has 1 unspecified atom stereocenters. The van der Waals surface area contributed by atoms with E-state index in [2.05, 4.69) is 58.4 Å². The minimum Gasteiger partial charge on any atom is -0.453 e. The summed E-state index contributed by atoms with van der Waals surface area (Å²) >= 11 is 0. The predicted octanol–water partition coefficient (Wildman–Crippen LogP) is 10.2. The molecule has 0 radical (unpaired) electrons. The lowest BCUT2D eigenvalue weighted by Gasteiger charge is -2.40. The Morgan fingerprint density at radius 1 is 0.630 bits per heavy atom. The molecule has 73 heavy (non-hydrogen) atoms. The highest BCUT2D eigenvalue weighted by molar-refractivity contribution is 5.88. The van der Waals surface area contributed by atoms with Gasteiger partial charge in [0.2, 0.25) is 11.8 Å². The van der Waals surface area contributed by atoms with Crippen LogP contribution in [0.1, 0.15) is 147 Å². The summed E-state index contributed by atoms with van der Waals surface area (Å²) in [7, 11) is 2.55. The van der Waals surface area contributed by atoms with E-state index in [1.807, 2.05) is 56.9 Å². The van der Waals surface area contributed by atoms with Gasteiger partial charge in [0.25, 0.3) is 0 Å². The smallest absolute Gasteiger partial charge is 0.407 e. The van der Waals surface area contributed by atoms with Gasteiger partial charge in [-0.15, -0.1) is 0 Å². The van der Waals surface area contributed by atoms with E-state index in [1.54, 1.807) is 9.80 Å². The largest absolute Gasteiger partial charge is 0.453 e. The van der Waals surface area contributed by atoms with Gasteiger partial charge >= 0.3 is 12.2 Å². The molecule has 4 aliphatic rings. The fourth-order valence-electron chi connectivity index (χ4n) is 12.0. The summed E-state index contributed by atoms with van der Waals surface area (Å²) in [4.78, 5) is 77.0. The Morgan fingerprint density at radius 2 is 1.07 bits per heavy atom. The van der Waals surface area contributed by atoms with Crippen LogP contribution in [0.4, 0.5) is 29.7 Å². The molecule has 0 spiro atoms. The van der Waals surface area contributed by atoms with Gasteiger partial charge in [-0.05, 0) is 122 Å². The number of likely N-dealkylation sites (tertiary alicyclic amines) is 2. The summed E-state index contributed by atoms with van der Waals surface area (Å²) in [6, 6.07) is 12.4. The van der Waals surface area contributed by atoms with E-state index >= 15 is 8.78 Å². The molecule has 0 saturated carbocycles. The zero-order valence-electron chi connectivity index (χ0n) is 43.7. The van der Waals surface area contributed by atoms with Crippen LogP contribution in [0.5, 0.6) is 0 Å². The predicted molar refractivity (Wildman–Crippen MR) is 276 cm³/mol. The van der Waals surface area contributed by atoms with E-state index in [0.29, 0.717) is 75.1 Å². The standard InChI is InChI=1S/C55H72F2N10O6/c1-30(2)46(62-53(70)72-8)51(68)65-22-10-12-44(65)49-58-38-16-14-32(26-40(38)60-49)42-18-19-43(67(42)35-28-36(56)48(37(57)29-35)64-24-20-34(21-25-64)55(5,6)7)33-15-17-39-41(27-33)61-50(59-39)45-13-11-23-66(45)52(69)47(31(3)4)63-54(71)73-9/h14-17,26-31,34,42-47H,10-13,18-25H2,1-9H3,(H,58,60)(H,59,61)(H,62,70)(H,63,71)/t42-,43-,44+,45+,46+,47?/m1/s1. The SMILES string of the molecule is COC(=O)NC(C(=O)N1CCC[C@H]1c1nc2ccc([C@H]3CC[C@H](c4ccc5nc([C@@H]6CCCN6C(=O)[C@@H](NC(=O)OC)C(C)C)[nH]c5c4)N3c3cc(F)c(N4CCC(C(C)(C)C)CC4)c(F)c3)cc2[nH]1)C(C)C. The van der Waals surface area contributed by atoms with Crippen LogP contribution in [-0.4, -0.2) is 106 Å². The second-order valence-corrected chi connectivity index (χ2v) is 22.3. The second-order valence-electron chi connectivity index (χ2n) is 22.3. The molecule has 18 heteroatoms. The van der Waals surface area contributed by atoms with Gasteiger partial charge in [-0.3, -0.25) is 9.59 Å². The number of benzene rings is 3. The number of piperidine rings is 1. The molecule has 4 aliphatic heterocycles. The third-order valence-electron chi connectivity index (χ3n) is 16.0. The molecule has 5 aromatic rings. The number of nitrogens with zero attached hydrogens (tertiary/aromatic N) is 6. The number of amides is 4. The average molecular weight is 1010 g/mol. The molecule has 2 aromatic heterocycles. The minimum atomic E-state index is -0.764. The number of aromatic nitrogens is 4. The summed E-state index contributed by atoms with van der Waals surface area (Å²) in [5, 5.41) is 5.43. The molecule has 4 amide bonds. The maximum Gasteiger partial charge on any atom is 0.407 e. The van der Waals surface area contributed by atoms with Crippen LogP contribution in [0.25, 0.3) is 22.1 Å². The number of hydrogen-bond donors (Lipinski definition) is 4. The number of anilines is 2. The van der Waals surface area contributed by atoms with Crippen LogP contribution >= 0.6 is 0 Å². The van der Waals surface area contributed by atoms with E-state index in [0.717, 1.165) is 58.9 Å². The van der Waals surface area contributed by atoms with Crippen LogP contribution in [0.2, 0.25) is 0 Å². The number of aromatic amines is 2. The number of H-pyrrole nitrogens is 2. The number of carbonyl (C=O) groups is 4. The number of hydrogen-bond acceptors (Lipinski definition) is 10. The maximum absolute atomic E-state index is 16.7. The molecule has 0 aliphatic carbocycles. The maximum atomic E-state index is 16.7. The van der Waals surface area contributed by atoms with Crippen LogP contribution in [0.3, 0.4) is 0 Å². The summed E-state index contributed by atoms with van der Waals surface area (Å²) < 4.78 is 43.1. The van der Waals surface area contributed by atoms with Crippen molar-refractivity contribution in [1.29, 1.82) is 0 Å². The monoisotopic (exact) mass is 1010 g/mol. The number of halogens is 2. The van der Waals surface area contributed by atoms with Gasteiger partial charge in [-0.25, -0.2) is 28.3 Å². The minimum absolute atomic E-state index is 0.0154. The van der Waals surface area contributed by atoms with Crippen molar-refractivity contribution in [1.82, 2.24) is 40.4 Å². The first-order valence-electron chi connectivity index (χ1n) is 26.2. The number of fused-ring (bicyclic) bond motifs is 2. The Balaban J connectivity index is 1.04. The third kappa shape index (κ3) is 10.3. The number of carbonyl (C=O) groups excluding carboxylic acids is 4. The number of rotatable bonds is 12. The molecule has 392 valence electrons. The number of ether oxygens (including phenoxy) is 2. The summed E-state index contributed by atoms with van der Waals surface area (Å²) in [6.07, 6.45) is 4.71. The first-order valence-corrected chi connectivity index (χ1v) is 26.2. The fourth-order valence-corrected chi connectivity index (χ4v) is 12.0. The fraction of sp³-hybridized carbons (Fsp3) is 0.564. The Labute approximate surface area is 426 Å². The van der Waals surface area contributed by atoms with Crippen LogP contribution in [0, 0.1) is 34.8 Å². The number of nitrogens with one attached hydrogen (secondary N) is 4. The lowest BCUT2D eigenvalue weighted by atomic mass is 9.75. The van der Waals surface area contributed by atoms with E-state index in [-0.39, 0.29) is 58.9 Å². The molecular weight excluding hydrogens is 935 g/mol. The zero-order chi connectivity index (χ0) is 52.0. The Morgan fingerprint density at radius 3 is 1.47 bits per heavy atom. The Kier molecular flexibility index (Phi) is 14.7. The number of methoxy groups -OCH3 is 2. The summed E-state index contributed by atoms with van der Waals surface area (Å²) in [5.41, 5.74) is 5.47. The van der Waals surface area contributed by atoms with Gasteiger partial charge in [0, 0.05) is 31.9 Å². The van der Waals surface area contributed by atoms with E-state index in [1.165, 1.54) is 26.4 Å². The van der Waals surface area contributed by atoms with E-state index < -0.39 is 35.9 Å². The van der Waals surface area contributed by atoms with Gasteiger partial charge < -0.3 is 49.7 Å². The lowest BCUT2D eigenvalue weighted by molar-refractivity contribution is -0.136. The zero-order valence-corrected chi connectivity index (χ0v) is 43.7. The highest BCUT2D eigenvalue weighted by atomic mass is 19.1. The first kappa shape index (κ1) is 51.4. The van der Waals surface area contributed by atoms with Gasteiger partial charge in [-0.2, -0.15) is 0 Å². The second kappa shape index (κ2) is 20.8. The highest BCUT2D eigenvalue weighted by Crippen LogP contribution is 2.49. The van der Waals surface area contributed by atoms with Crippen molar-refractivity contribution in [3.8, 4) is 0 Å². The molecule has 6 atom stereocenters. The first-order chi connectivity index (χ1) is 34.8. The molecule has 0 bridgehead atoms. The van der Waals surface area contributed by atoms with E-state index in [9.17, 15) is 19.2 Å². The third-order valence-corrected chi connectivity index (χ3v) is 16.0. The molecule has 9 rings (SSSR count). The normalized spacial score (nSPS) is 21.7. The number of imidazole rings is 2. The van der Waals surface area contributed by atoms with E-state index in [4.69, 9.17) is 19.4 Å². The van der Waals surface area contributed by atoms with Crippen molar-refractivity contribution in [2.45, 2.75) is 136 Å². The molecule has 4 saturated heterocycles. The van der Waals surface area contributed by atoms with Crippen molar-refractivity contribution in [2.24, 2.45) is 23.2 Å². The Hall–Kier alpha value is -6.46. The lowest BCUT2D eigenvalue weighted by Crippen LogP contribution is -2.51. The van der Waals surface area contributed by atoms with Crippen LogP contribution in [0.15, 0.2) is 48.5 Å². The van der Waals surface area contributed by atoms with Gasteiger partial charge in [0.15, 0.2) is 11.6 Å². The van der Waals surface area contributed by atoms with Crippen LogP contribution in [-0.2, 0) is 19.1 Å². The number of alkyl carbamates (subject to hydrolysis) is 2. The molecule has 4 fully saturated rings. The van der Waals surface area contributed by atoms with Crippen molar-refractivity contribution >= 4 is 57.4 Å². The molecule has 3 aromatic carbocycles. The molecule has 4 N–H and O–H groups in total. The van der Waals surface area contributed by atoms with Gasteiger partial charge in [-0.1, -0.05) is 60.6 Å².